The van der Waals surface area contributed by atoms with Gasteiger partial charge in [0, 0.05) is 12.8 Å². The lowest BCUT2D eigenvalue weighted by atomic mass is 10.0. The molecule has 0 spiro atoms. The number of likely N-dealkylation sites (N-methyl/N-ethyl adjacent to an activating group) is 1. The van der Waals surface area contributed by atoms with Crippen molar-refractivity contribution in [2.24, 2.45) is 0 Å². The van der Waals surface area contributed by atoms with Gasteiger partial charge in [0.1, 0.15) is 13.2 Å². The van der Waals surface area contributed by atoms with E-state index < -0.39 is 24.3 Å². The lowest BCUT2D eigenvalue weighted by molar-refractivity contribution is -0.870. The molecule has 0 rings (SSSR count). The number of unbranched alkanes of at least 4 members (excludes halogenated alkanes) is 46. The van der Waals surface area contributed by atoms with Gasteiger partial charge in [0.2, 0.25) is 0 Å². The highest BCUT2D eigenvalue weighted by molar-refractivity contribution is 5.71. The zero-order valence-electron chi connectivity index (χ0n) is 51.5. The van der Waals surface area contributed by atoms with Crippen LogP contribution in [0, 0.1) is 0 Å². The Morgan fingerprint density at radius 1 is 0.382 bits per heavy atom. The van der Waals surface area contributed by atoms with Crippen molar-refractivity contribution in [3.8, 4) is 0 Å². The molecule has 0 aromatic heterocycles. The molecular weight excluding hydrogens is 947 g/mol. The Morgan fingerprint density at radius 3 is 1.01 bits per heavy atom. The smallest absolute Gasteiger partial charge is 0.361 e. The summed E-state index contributed by atoms with van der Waals surface area (Å²) in [7, 11) is 5.97. The number of carbonyl (C=O) groups is 3. The second-order valence-electron chi connectivity index (χ2n) is 24.1. The molecule has 0 radical (unpaired) electrons. The minimum absolute atomic E-state index is 0.179. The number of allylic oxidation sites excluding steroid dienone is 2. The van der Waals surface area contributed by atoms with Crippen LogP contribution < -0.4 is 0 Å². The molecule has 0 amide bonds. The number of ether oxygens (including phenoxy) is 4. The first-order valence-electron chi connectivity index (χ1n) is 33.4. The molecule has 9 nitrogen and oxygen atoms in total. The molecule has 2 atom stereocenters. The first-order chi connectivity index (χ1) is 37.1. The number of carboxylic acids is 1. The number of carboxylic acid groups (broad SMARTS) is 1. The van der Waals surface area contributed by atoms with Crippen LogP contribution in [0.4, 0.5) is 0 Å². The van der Waals surface area contributed by atoms with Gasteiger partial charge in [0.15, 0.2) is 6.10 Å². The number of hydrogen-bond acceptors (Lipinski definition) is 7. The zero-order chi connectivity index (χ0) is 55.5. The summed E-state index contributed by atoms with van der Waals surface area (Å²) in [6, 6.07) is 0. The molecule has 0 heterocycles. The summed E-state index contributed by atoms with van der Waals surface area (Å²) in [6.45, 7) is 4.87. The Balaban J connectivity index is 3.80. The predicted octanol–water partition coefficient (Wildman–Crippen LogP) is 20.1. The van der Waals surface area contributed by atoms with Crippen molar-refractivity contribution in [1.82, 2.24) is 0 Å². The van der Waals surface area contributed by atoms with E-state index in [0.717, 1.165) is 57.8 Å². The number of rotatable bonds is 63. The Hall–Kier alpha value is -1.97. The molecular formula is C67H130NO8+. The third kappa shape index (κ3) is 59.7. The fraction of sp³-hybridized carbons (Fsp3) is 0.925. The molecule has 0 aromatic rings. The number of esters is 2. The number of aliphatic carboxylic acids is 1. The van der Waals surface area contributed by atoms with E-state index in [4.69, 9.17) is 18.9 Å². The van der Waals surface area contributed by atoms with Crippen molar-refractivity contribution in [1.29, 1.82) is 0 Å². The number of hydrogen-bond donors (Lipinski definition) is 1. The van der Waals surface area contributed by atoms with E-state index in [1.807, 2.05) is 21.1 Å². The van der Waals surface area contributed by atoms with Gasteiger partial charge in [-0.25, -0.2) is 4.79 Å². The van der Waals surface area contributed by atoms with Gasteiger partial charge in [-0.2, -0.15) is 0 Å². The summed E-state index contributed by atoms with van der Waals surface area (Å²) in [6.07, 6.45) is 68.0. The Labute approximate surface area is 472 Å². The maximum Gasteiger partial charge on any atom is 0.361 e. The monoisotopic (exact) mass is 1080 g/mol. The lowest BCUT2D eigenvalue weighted by Gasteiger charge is -2.25. The quantitative estimate of drug-likeness (QED) is 0.0211. The topological polar surface area (TPSA) is 108 Å². The minimum Gasteiger partial charge on any atom is -0.477 e. The predicted molar refractivity (Wildman–Crippen MR) is 323 cm³/mol. The van der Waals surface area contributed by atoms with Crippen LogP contribution in [-0.2, 0) is 33.3 Å². The number of nitrogens with zero attached hydrogens (tertiary/aromatic N) is 1. The number of carbonyl (C=O) groups excluding carboxylic acids is 2. The van der Waals surface area contributed by atoms with Gasteiger partial charge in [0.25, 0.3) is 6.29 Å². The maximum atomic E-state index is 12.8. The van der Waals surface area contributed by atoms with Crippen LogP contribution in [0.2, 0.25) is 0 Å². The molecule has 0 aliphatic rings. The van der Waals surface area contributed by atoms with Gasteiger partial charge < -0.3 is 28.5 Å². The SMILES string of the molecule is CCCC/C=C\CCCCCCCC(=O)OC(COC(=O)CCCCCCCCCCCCCCCCCCCCCCCCCCCCCCCCCCCCCCCCCC)COC(OCC[N+](C)(C)C)C(=O)O. The molecule has 76 heavy (non-hydrogen) atoms. The highest BCUT2D eigenvalue weighted by Crippen LogP contribution is 2.19. The van der Waals surface area contributed by atoms with Gasteiger partial charge in [0.05, 0.1) is 34.4 Å². The van der Waals surface area contributed by atoms with Crippen LogP contribution in [0.25, 0.3) is 0 Å². The average Bonchev–Trinajstić information content (AvgIpc) is 3.39. The van der Waals surface area contributed by atoms with Crippen LogP contribution >= 0.6 is 0 Å². The Bertz CT molecular complexity index is 1250. The van der Waals surface area contributed by atoms with Crippen LogP contribution in [0.1, 0.15) is 341 Å². The summed E-state index contributed by atoms with van der Waals surface area (Å²) in [5, 5.41) is 9.68. The van der Waals surface area contributed by atoms with E-state index in [0.29, 0.717) is 23.9 Å². The average molecular weight is 1080 g/mol. The molecule has 2 unspecified atom stereocenters. The van der Waals surface area contributed by atoms with Crippen molar-refractivity contribution in [2.75, 3.05) is 47.5 Å². The molecule has 0 saturated heterocycles. The van der Waals surface area contributed by atoms with Crippen LogP contribution in [-0.4, -0.2) is 87.4 Å². The molecule has 0 saturated carbocycles. The fourth-order valence-electron chi connectivity index (χ4n) is 10.1. The van der Waals surface area contributed by atoms with Gasteiger partial charge in [-0.05, 0) is 32.1 Å². The summed E-state index contributed by atoms with van der Waals surface area (Å²) in [4.78, 5) is 37.3. The van der Waals surface area contributed by atoms with Crippen molar-refractivity contribution in [2.45, 2.75) is 354 Å². The van der Waals surface area contributed by atoms with Gasteiger partial charge in [-0.1, -0.05) is 309 Å². The molecule has 0 bridgehead atoms. The molecule has 9 heteroatoms. The van der Waals surface area contributed by atoms with E-state index in [9.17, 15) is 19.5 Å². The van der Waals surface area contributed by atoms with Crippen molar-refractivity contribution >= 4 is 17.9 Å². The second kappa shape index (κ2) is 59.2. The standard InChI is InChI=1S/C67H129NO8/c1-6-8-10-12-14-16-18-19-20-21-22-23-24-25-26-27-28-29-30-31-32-33-34-35-36-37-38-39-40-41-42-43-44-45-46-48-49-51-53-55-57-64(69)74-61-63(62-75-67(66(71)72)73-60-59-68(3,4)5)76-65(70)58-56-54-52-50-47-17-15-13-11-9-7-2/h13,15,63,67H,6-12,14,16-62H2,1-5H3/p+1/b15-13-. The third-order valence-electron chi connectivity index (χ3n) is 15.3. The maximum absolute atomic E-state index is 12.8. The first-order valence-corrected chi connectivity index (χ1v) is 33.4. The summed E-state index contributed by atoms with van der Waals surface area (Å²) < 4.78 is 22.8. The fourth-order valence-corrected chi connectivity index (χ4v) is 10.1. The third-order valence-corrected chi connectivity index (χ3v) is 15.3. The minimum atomic E-state index is -1.51. The van der Waals surface area contributed by atoms with Gasteiger partial charge >= 0.3 is 17.9 Å². The van der Waals surface area contributed by atoms with E-state index in [-0.39, 0.29) is 32.2 Å². The summed E-state index contributed by atoms with van der Waals surface area (Å²) in [5.41, 5.74) is 0. The Kier molecular flexibility index (Phi) is 57.6. The second-order valence-corrected chi connectivity index (χ2v) is 24.1. The highest BCUT2D eigenvalue weighted by Gasteiger charge is 2.25. The van der Waals surface area contributed by atoms with Crippen molar-refractivity contribution in [3.63, 3.8) is 0 Å². The Morgan fingerprint density at radius 2 is 0.684 bits per heavy atom. The first kappa shape index (κ1) is 74.0. The zero-order valence-corrected chi connectivity index (χ0v) is 51.5. The summed E-state index contributed by atoms with van der Waals surface area (Å²) in [5.74, 6) is -2.00. The molecule has 450 valence electrons. The molecule has 0 fully saturated rings. The summed E-state index contributed by atoms with van der Waals surface area (Å²) >= 11 is 0. The van der Waals surface area contributed by atoms with Crippen LogP contribution in [0.15, 0.2) is 12.2 Å². The van der Waals surface area contributed by atoms with E-state index in [1.54, 1.807) is 0 Å². The van der Waals surface area contributed by atoms with E-state index in [2.05, 4.69) is 26.0 Å². The van der Waals surface area contributed by atoms with Gasteiger partial charge in [-0.15, -0.1) is 0 Å². The highest BCUT2D eigenvalue weighted by atomic mass is 16.7. The van der Waals surface area contributed by atoms with Crippen LogP contribution in [0.3, 0.4) is 0 Å². The van der Waals surface area contributed by atoms with Crippen LogP contribution in [0.5, 0.6) is 0 Å². The molecule has 0 aliphatic carbocycles. The van der Waals surface area contributed by atoms with Crippen molar-refractivity contribution in [3.05, 3.63) is 12.2 Å². The number of quaternary nitrogens is 1. The van der Waals surface area contributed by atoms with E-state index in [1.165, 1.54) is 250 Å². The van der Waals surface area contributed by atoms with Gasteiger partial charge in [-0.3, -0.25) is 9.59 Å². The lowest BCUT2D eigenvalue weighted by Crippen LogP contribution is -2.40. The molecule has 0 aliphatic heterocycles. The molecule has 1 N–H and O–H groups in total. The van der Waals surface area contributed by atoms with E-state index >= 15 is 0 Å². The normalized spacial score (nSPS) is 12.7. The largest absolute Gasteiger partial charge is 0.477 e. The molecule has 0 aromatic carbocycles. The van der Waals surface area contributed by atoms with Crippen molar-refractivity contribution < 1.29 is 42.9 Å².